The molecule has 1 heterocycles. The van der Waals surface area contributed by atoms with Gasteiger partial charge in [0.1, 0.15) is 0 Å². The molecule has 2 rings (SSSR count). The molecule has 1 atom stereocenters. The summed E-state index contributed by atoms with van der Waals surface area (Å²) in [5, 5.41) is 3.44. The zero-order chi connectivity index (χ0) is 12.8. The first kappa shape index (κ1) is 13.4. The fraction of sp³-hybridized carbons (Fsp3) is 0.600. The van der Waals surface area contributed by atoms with Gasteiger partial charge in [-0.15, -0.1) is 0 Å². The highest BCUT2D eigenvalue weighted by Crippen LogP contribution is 2.22. The van der Waals surface area contributed by atoms with Crippen LogP contribution in [-0.4, -0.2) is 43.8 Å². The van der Waals surface area contributed by atoms with Gasteiger partial charge in [0.15, 0.2) is 0 Å². The van der Waals surface area contributed by atoms with Crippen LogP contribution in [0.15, 0.2) is 24.3 Å². The molecule has 0 fully saturated rings. The molecule has 18 heavy (non-hydrogen) atoms. The number of para-hydroxylation sites is 1. The molecule has 3 heteroatoms. The van der Waals surface area contributed by atoms with Crippen molar-refractivity contribution in [1.82, 2.24) is 4.90 Å². The Morgan fingerprint density at radius 2 is 2.06 bits per heavy atom. The molecule has 1 aliphatic heterocycles. The van der Waals surface area contributed by atoms with Crippen LogP contribution < -0.4 is 5.32 Å². The molecule has 1 N–H and O–H groups in total. The van der Waals surface area contributed by atoms with Crippen molar-refractivity contribution in [2.24, 2.45) is 0 Å². The van der Waals surface area contributed by atoms with Crippen LogP contribution in [0.3, 0.4) is 0 Å². The third-order valence-corrected chi connectivity index (χ3v) is 3.64. The Morgan fingerprint density at radius 3 is 2.83 bits per heavy atom. The van der Waals surface area contributed by atoms with E-state index in [0.717, 1.165) is 39.2 Å². The maximum atomic E-state index is 5.97. The maximum Gasteiger partial charge on any atom is 0.0789 e. The highest BCUT2D eigenvalue weighted by Gasteiger charge is 2.17. The first-order valence-electron chi connectivity index (χ1n) is 6.99. The third kappa shape index (κ3) is 3.47. The SMILES string of the molecule is CCN(CC)CCOC1CNc2ccccc2C1. The van der Waals surface area contributed by atoms with E-state index in [2.05, 4.69) is 48.3 Å². The van der Waals surface area contributed by atoms with Gasteiger partial charge in [0.05, 0.1) is 12.7 Å². The van der Waals surface area contributed by atoms with Crippen LogP contribution in [0.1, 0.15) is 19.4 Å². The van der Waals surface area contributed by atoms with Gasteiger partial charge in [-0.3, -0.25) is 0 Å². The molecule has 1 aromatic carbocycles. The van der Waals surface area contributed by atoms with Crippen molar-refractivity contribution in [1.29, 1.82) is 0 Å². The Bertz CT molecular complexity index is 363. The van der Waals surface area contributed by atoms with Gasteiger partial charge in [0.25, 0.3) is 0 Å². The molecular formula is C15H24N2O. The summed E-state index contributed by atoms with van der Waals surface area (Å²) in [5.41, 5.74) is 2.64. The van der Waals surface area contributed by atoms with E-state index < -0.39 is 0 Å². The minimum Gasteiger partial charge on any atom is -0.382 e. The summed E-state index contributed by atoms with van der Waals surface area (Å²) in [6.45, 7) is 9.39. The van der Waals surface area contributed by atoms with Gasteiger partial charge in [0.2, 0.25) is 0 Å². The number of ether oxygens (including phenoxy) is 1. The van der Waals surface area contributed by atoms with Crippen molar-refractivity contribution in [3.63, 3.8) is 0 Å². The Hall–Kier alpha value is -1.06. The van der Waals surface area contributed by atoms with Crippen LogP contribution in [0.2, 0.25) is 0 Å². The molecule has 0 saturated heterocycles. The number of anilines is 1. The number of nitrogens with one attached hydrogen (secondary N) is 1. The standard InChI is InChI=1S/C15H24N2O/c1-3-17(4-2)9-10-18-14-11-13-7-5-6-8-15(13)16-12-14/h5-8,14,16H,3-4,9-12H2,1-2H3. The number of likely N-dealkylation sites (N-methyl/N-ethyl adjacent to an activating group) is 1. The number of hydrogen-bond donors (Lipinski definition) is 1. The Balaban J connectivity index is 1.76. The second kappa shape index (κ2) is 6.76. The van der Waals surface area contributed by atoms with Crippen molar-refractivity contribution >= 4 is 5.69 Å². The van der Waals surface area contributed by atoms with Gasteiger partial charge in [-0.2, -0.15) is 0 Å². The number of rotatable bonds is 6. The van der Waals surface area contributed by atoms with Crippen molar-refractivity contribution in [2.45, 2.75) is 26.4 Å². The van der Waals surface area contributed by atoms with Gasteiger partial charge in [0, 0.05) is 25.2 Å². The fourth-order valence-corrected chi connectivity index (χ4v) is 2.42. The summed E-state index contributed by atoms with van der Waals surface area (Å²) in [5.74, 6) is 0. The monoisotopic (exact) mass is 248 g/mol. The summed E-state index contributed by atoms with van der Waals surface area (Å²) < 4.78 is 5.97. The topological polar surface area (TPSA) is 24.5 Å². The van der Waals surface area contributed by atoms with Gasteiger partial charge < -0.3 is 15.0 Å². The summed E-state index contributed by atoms with van der Waals surface area (Å²) >= 11 is 0. The lowest BCUT2D eigenvalue weighted by molar-refractivity contribution is 0.0452. The van der Waals surface area contributed by atoms with Gasteiger partial charge in [-0.25, -0.2) is 0 Å². The number of hydrogen-bond acceptors (Lipinski definition) is 3. The van der Waals surface area contributed by atoms with E-state index in [-0.39, 0.29) is 0 Å². The Kier molecular flexibility index (Phi) is 5.02. The van der Waals surface area contributed by atoms with Crippen molar-refractivity contribution in [3.8, 4) is 0 Å². The van der Waals surface area contributed by atoms with Crippen LogP contribution in [-0.2, 0) is 11.2 Å². The number of nitrogens with zero attached hydrogens (tertiary/aromatic N) is 1. The van der Waals surface area contributed by atoms with Crippen molar-refractivity contribution < 1.29 is 4.74 Å². The highest BCUT2D eigenvalue weighted by atomic mass is 16.5. The molecule has 0 bridgehead atoms. The fourth-order valence-electron chi connectivity index (χ4n) is 2.42. The van der Waals surface area contributed by atoms with Crippen LogP contribution in [0.5, 0.6) is 0 Å². The molecule has 0 aromatic heterocycles. The molecule has 0 amide bonds. The second-order valence-corrected chi connectivity index (χ2v) is 4.76. The van der Waals surface area contributed by atoms with Crippen LogP contribution in [0.4, 0.5) is 5.69 Å². The van der Waals surface area contributed by atoms with Gasteiger partial charge in [-0.1, -0.05) is 32.0 Å². The van der Waals surface area contributed by atoms with E-state index >= 15 is 0 Å². The zero-order valence-corrected chi connectivity index (χ0v) is 11.5. The second-order valence-electron chi connectivity index (χ2n) is 4.76. The third-order valence-electron chi connectivity index (χ3n) is 3.64. The molecule has 0 saturated carbocycles. The molecule has 3 nitrogen and oxygen atoms in total. The molecule has 1 unspecified atom stereocenters. The molecule has 100 valence electrons. The van der Waals surface area contributed by atoms with E-state index in [1.807, 2.05) is 0 Å². The average molecular weight is 248 g/mol. The van der Waals surface area contributed by atoms with Crippen LogP contribution in [0.25, 0.3) is 0 Å². The number of fused-ring (bicyclic) bond motifs is 1. The Labute approximate surface area is 110 Å². The predicted molar refractivity (Wildman–Crippen MR) is 76.2 cm³/mol. The molecule has 0 radical (unpaired) electrons. The predicted octanol–water partition coefficient (Wildman–Crippen LogP) is 2.38. The van der Waals surface area contributed by atoms with Crippen molar-refractivity contribution in [2.75, 3.05) is 38.1 Å². The Morgan fingerprint density at radius 1 is 1.28 bits per heavy atom. The average Bonchev–Trinajstić information content (AvgIpc) is 2.43. The molecular weight excluding hydrogens is 224 g/mol. The lowest BCUT2D eigenvalue weighted by Crippen LogP contribution is -2.34. The normalized spacial score (nSPS) is 18.5. The van der Waals surface area contributed by atoms with E-state index in [1.165, 1.54) is 11.3 Å². The summed E-state index contributed by atoms with van der Waals surface area (Å²) in [6, 6.07) is 8.50. The van der Waals surface area contributed by atoms with Crippen molar-refractivity contribution in [3.05, 3.63) is 29.8 Å². The lowest BCUT2D eigenvalue weighted by atomic mass is 10.0. The summed E-state index contributed by atoms with van der Waals surface area (Å²) in [4.78, 5) is 2.39. The molecule has 1 aromatic rings. The first-order chi connectivity index (χ1) is 8.83. The van der Waals surface area contributed by atoms with E-state index in [9.17, 15) is 0 Å². The molecule has 0 aliphatic carbocycles. The quantitative estimate of drug-likeness (QED) is 0.836. The lowest BCUT2D eigenvalue weighted by Gasteiger charge is -2.27. The van der Waals surface area contributed by atoms with Gasteiger partial charge in [-0.05, 0) is 24.7 Å². The van der Waals surface area contributed by atoms with E-state index in [4.69, 9.17) is 4.74 Å². The van der Waals surface area contributed by atoms with Gasteiger partial charge >= 0.3 is 0 Å². The van der Waals surface area contributed by atoms with Crippen LogP contribution in [0, 0.1) is 0 Å². The minimum atomic E-state index is 0.315. The smallest absolute Gasteiger partial charge is 0.0789 e. The van der Waals surface area contributed by atoms with E-state index in [1.54, 1.807) is 0 Å². The molecule has 0 spiro atoms. The number of benzene rings is 1. The summed E-state index contributed by atoms with van der Waals surface area (Å²) in [7, 11) is 0. The zero-order valence-electron chi connectivity index (χ0n) is 11.5. The van der Waals surface area contributed by atoms with E-state index in [0.29, 0.717) is 6.10 Å². The van der Waals surface area contributed by atoms with Crippen LogP contribution >= 0.6 is 0 Å². The summed E-state index contributed by atoms with van der Waals surface area (Å²) in [6.07, 6.45) is 1.34. The first-order valence-corrected chi connectivity index (χ1v) is 6.99. The highest BCUT2D eigenvalue weighted by molar-refractivity contribution is 5.53. The largest absolute Gasteiger partial charge is 0.382 e. The maximum absolute atomic E-state index is 5.97. The molecule has 1 aliphatic rings. The minimum absolute atomic E-state index is 0.315.